The summed E-state index contributed by atoms with van der Waals surface area (Å²) in [6.45, 7) is 4.40. The molecule has 18 heavy (non-hydrogen) atoms. The lowest BCUT2D eigenvalue weighted by Gasteiger charge is -2.24. The van der Waals surface area contributed by atoms with E-state index in [2.05, 4.69) is 17.6 Å². The maximum absolute atomic E-state index is 12.3. The van der Waals surface area contributed by atoms with E-state index in [9.17, 15) is 4.79 Å². The Balaban J connectivity index is 1.49. The van der Waals surface area contributed by atoms with Gasteiger partial charge in [0.05, 0.1) is 0 Å². The summed E-state index contributed by atoms with van der Waals surface area (Å²) in [4.78, 5) is 12.3. The molecule has 0 aromatic carbocycles. The average Bonchev–Trinajstić information content (AvgIpc) is 3.28. The van der Waals surface area contributed by atoms with Crippen molar-refractivity contribution in [3.8, 4) is 0 Å². The molecule has 2 unspecified atom stereocenters. The molecule has 0 aromatic heterocycles. The summed E-state index contributed by atoms with van der Waals surface area (Å²) in [7, 11) is 0. The maximum atomic E-state index is 12.3. The van der Waals surface area contributed by atoms with E-state index in [0.29, 0.717) is 23.3 Å². The van der Waals surface area contributed by atoms with Crippen LogP contribution in [-0.4, -0.2) is 25.0 Å². The minimum atomic E-state index is 0.327. The highest BCUT2D eigenvalue weighted by molar-refractivity contribution is 5.82. The van der Waals surface area contributed by atoms with Crippen LogP contribution >= 0.6 is 0 Å². The largest absolute Gasteiger partial charge is 0.353 e. The minimum Gasteiger partial charge on any atom is -0.353 e. The van der Waals surface area contributed by atoms with Gasteiger partial charge in [-0.25, -0.2) is 0 Å². The predicted octanol–water partition coefficient (Wildman–Crippen LogP) is 2.07. The summed E-state index contributed by atoms with van der Waals surface area (Å²) in [5, 5.41) is 6.71. The molecule has 3 nitrogen and oxygen atoms in total. The van der Waals surface area contributed by atoms with Crippen LogP contribution in [0.15, 0.2) is 0 Å². The lowest BCUT2D eigenvalue weighted by molar-refractivity contribution is -0.124. The van der Waals surface area contributed by atoms with Gasteiger partial charge in [-0.15, -0.1) is 0 Å². The van der Waals surface area contributed by atoms with E-state index in [1.807, 2.05) is 0 Å². The third-order valence-corrected chi connectivity index (χ3v) is 5.26. The molecule has 3 heteroatoms. The Morgan fingerprint density at radius 2 is 2.11 bits per heavy atom. The monoisotopic (exact) mass is 250 g/mol. The molecule has 0 bridgehead atoms. The van der Waals surface area contributed by atoms with Gasteiger partial charge in [-0.2, -0.15) is 0 Å². The van der Waals surface area contributed by atoms with Gasteiger partial charge < -0.3 is 10.6 Å². The number of carbonyl (C=O) groups is 1. The van der Waals surface area contributed by atoms with Crippen molar-refractivity contribution in [3.63, 3.8) is 0 Å². The number of hydrogen-bond donors (Lipinski definition) is 2. The molecule has 102 valence electrons. The highest BCUT2D eigenvalue weighted by atomic mass is 16.2. The van der Waals surface area contributed by atoms with Crippen molar-refractivity contribution in [2.24, 2.45) is 17.3 Å². The van der Waals surface area contributed by atoms with Crippen LogP contribution in [0, 0.1) is 17.3 Å². The zero-order valence-electron chi connectivity index (χ0n) is 11.5. The van der Waals surface area contributed by atoms with Crippen molar-refractivity contribution in [1.29, 1.82) is 0 Å². The minimum absolute atomic E-state index is 0.327. The third kappa shape index (κ3) is 2.56. The van der Waals surface area contributed by atoms with E-state index >= 15 is 0 Å². The number of amides is 1. The Hall–Kier alpha value is -0.570. The van der Waals surface area contributed by atoms with E-state index < -0.39 is 0 Å². The van der Waals surface area contributed by atoms with Gasteiger partial charge in [0, 0.05) is 12.0 Å². The van der Waals surface area contributed by atoms with Crippen LogP contribution < -0.4 is 10.6 Å². The first-order chi connectivity index (χ1) is 8.73. The van der Waals surface area contributed by atoms with Crippen LogP contribution in [0.1, 0.15) is 51.9 Å². The van der Waals surface area contributed by atoms with Crippen molar-refractivity contribution in [2.45, 2.75) is 57.9 Å². The molecule has 1 heterocycles. The van der Waals surface area contributed by atoms with Gasteiger partial charge in [0.2, 0.25) is 5.91 Å². The quantitative estimate of drug-likeness (QED) is 0.784. The first kappa shape index (κ1) is 12.5. The number of piperidine rings is 1. The van der Waals surface area contributed by atoms with Crippen LogP contribution in [0.25, 0.3) is 0 Å². The van der Waals surface area contributed by atoms with E-state index in [-0.39, 0.29) is 0 Å². The van der Waals surface area contributed by atoms with E-state index in [4.69, 9.17) is 0 Å². The number of hydrogen-bond acceptors (Lipinski definition) is 2. The SMILES string of the molecule is CCC(CC1CC1)NC(=O)C1CC12CCNCC2. The molecular weight excluding hydrogens is 224 g/mol. The standard InChI is InChI=1S/C15H26N2O/c1-2-12(9-11-3-4-11)17-14(18)13-10-15(13)5-7-16-8-6-15/h11-13,16H,2-10H2,1H3,(H,17,18). The molecule has 3 aliphatic rings. The van der Waals surface area contributed by atoms with E-state index in [1.165, 1.54) is 32.1 Å². The molecule has 1 spiro atoms. The Bertz CT molecular complexity index is 318. The summed E-state index contributed by atoms with van der Waals surface area (Å²) in [6, 6.07) is 0.435. The topological polar surface area (TPSA) is 41.1 Å². The zero-order valence-corrected chi connectivity index (χ0v) is 11.5. The number of rotatable bonds is 5. The first-order valence-corrected chi connectivity index (χ1v) is 7.74. The van der Waals surface area contributed by atoms with Crippen LogP contribution in [0.4, 0.5) is 0 Å². The fraction of sp³-hybridized carbons (Fsp3) is 0.933. The van der Waals surface area contributed by atoms with Gasteiger partial charge in [-0.05, 0) is 56.5 Å². The van der Waals surface area contributed by atoms with Gasteiger partial charge in [0.15, 0.2) is 0 Å². The number of nitrogens with one attached hydrogen (secondary N) is 2. The van der Waals surface area contributed by atoms with Crippen molar-refractivity contribution < 1.29 is 4.79 Å². The summed E-state index contributed by atoms with van der Waals surface area (Å²) in [6.07, 6.45) is 8.60. The zero-order chi connectivity index (χ0) is 12.6. The molecular formula is C15H26N2O. The Kier molecular flexibility index (Phi) is 3.35. The van der Waals surface area contributed by atoms with Gasteiger partial charge in [-0.3, -0.25) is 4.79 Å². The summed E-state index contributed by atoms with van der Waals surface area (Å²) >= 11 is 0. The third-order valence-electron chi connectivity index (χ3n) is 5.26. The molecule has 2 saturated carbocycles. The molecule has 1 amide bonds. The molecule has 0 aromatic rings. The fourth-order valence-corrected chi connectivity index (χ4v) is 3.58. The van der Waals surface area contributed by atoms with Crippen LogP contribution in [0.3, 0.4) is 0 Å². The van der Waals surface area contributed by atoms with Crippen LogP contribution in [0.2, 0.25) is 0 Å². The second-order valence-corrected chi connectivity index (χ2v) is 6.66. The van der Waals surface area contributed by atoms with Gasteiger partial charge >= 0.3 is 0 Å². The van der Waals surface area contributed by atoms with Gasteiger partial charge in [0.1, 0.15) is 0 Å². The van der Waals surface area contributed by atoms with Crippen molar-refractivity contribution in [3.05, 3.63) is 0 Å². The molecule has 0 radical (unpaired) electrons. The molecule has 3 rings (SSSR count). The predicted molar refractivity (Wildman–Crippen MR) is 72.2 cm³/mol. The normalized spacial score (nSPS) is 31.1. The van der Waals surface area contributed by atoms with Crippen LogP contribution in [0.5, 0.6) is 0 Å². The fourth-order valence-electron chi connectivity index (χ4n) is 3.58. The molecule has 2 atom stereocenters. The summed E-state index contributed by atoms with van der Waals surface area (Å²) < 4.78 is 0. The molecule has 2 N–H and O–H groups in total. The molecule has 2 aliphatic carbocycles. The van der Waals surface area contributed by atoms with E-state index in [1.54, 1.807) is 0 Å². The lowest BCUT2D eigenvalue weighted by atomic mass is 9.91. The Morgan fingerprint density at radius 3 is 2.72 bits per heavy atom. The van der Waals surface area contributed by atoms with Crippen LogP contribution in [-0.2, 0) is 4.79 Å². The van der Waals surface area contributed by atoms with Crippen molar-refractivity contribution in [2.75, 3.05) is 13.1 Å². The Labute approximate surface area is 110 Å². The molecule has 1 aliphatic heterocycles. The van der Waals surface area contributed by atoms with Gasteiger partial charge in [0.25, 0.3) is 0 Å². The maximum Gasteiger partial charge on any atom is 0.223 e. The smallest absolute Gasteiger partial charge is 0.223 e. The van der Waals surface area contributed by atoms with Crippen molar-refractivity contribution >= 4 is 5.91 Å². The lowest BCUT2D eigenvalue weighted by Crippen LogP contribution is -2.38. The van der Waals surface area contributed by atoms with E-state index in [0.717, 1.165) is 31.8 Å². The Morgan fingerprint density at radius 1 is 1.39 bits per heavy atom. The highest BCUT2D eigenvalue weighted by Crippen LogP contribution is 2.58. The average molecular weight is 250 g/mol. The number of carbonyl (C=O) groups excluding carboxylic acids is 1. The highest BCUT2D eigenvalue weighted by Gasteiger charge is 2.57. The second kappa shape index (κ2) is 4.84. The summed E-state index contributed by atoms with van der Waals surface area (Å²) in [5.41, 5.74) is 0.382. The second-order valence-electron chi connectivity index (χ2n) is 6.66. The first-order valence-electron chi connectivity index (χ1n) is 7.74. The molecule has 1 saturated heterocycles. The van der Waals surface area contributed by atoms with Crippen molar-refractivity contribution in [1.82, 2.24) is 10.6 Å². The molecule has 3 fully saturated rings. The van der Waals surface area contributed by atoms with Gasteiger partial charge in [-0.1, -0.05) is 19.8 Å². The summed E-state index contributed by atoms with van der Waals surface area (Å²) in [5.74, 6) is 1.58.